The molecule has 0 fully saturated rings. The van der Waals surface area contributed by atoms with Crippen molar-refractivity contribution in [1.82, 2.24) is 9.88 Å². The van der Waals surface area contributed by atoms with Crippen LogP contribution >= 0.6 is 11.6 Å². The van der Waals surface area contributed by atoms with Crippen molar-refractivity contribution in [3.63, 3.8) is 0 Å². The zero-order valence-corrected chi connectivity index (χ0v) is 19.8. The van der Waals surface area contributed by atoms with Gasteiger partial charge in [0.15, 0.2) is 5.43 Å². The van der Waals surface area contributed by atoms with Gasteiger partial charge >= 0.3 is 0 Å². The lowest BCUT2D eigenvalue weighted by molar-refractivity contribution is -0.116. The Labute approximate surface area is 202 Å². The van der Waals surface area contributed by atoms with Gasteiger partial charge in [0, 0.05) is 42.7 Å². The lowest BCUT2D eigenvalue weighted by Gasteiger charge is -2.20. The van der Waals surface area contributed by atoms with Crippen LogP contribution in [0, 0.1) is 6.92 Å². The van der Waals surface area contributed by atoms with E-state index in [0.29, 0.717) is 23.7 Å². The van der Waals surface area contributed by atoms with Gasteiger partial charge in [0.2, 0.25) is 5.91 Å². The first kappa shape index (κ1) is 23.7. The summed E-state index contributed by atoms with van der Waals surface area (Å²) in [5.74, 6) is -1.21. The van der Waals surface area contributed by atoms with Crippen LogP contribution in [0.5, 0.6) is 0 Å². The molecule has 2 N–H and O–H groups in total. The molecule has 1 aliphatic rings. The summed E-state index contributed by atoms with van der Waals surface area (Å²) in [6.45, 7) is 2.57. The molecular formula is C26H26ClN3O4. The molecule has 2 aromatic carbocycles. The van der Waals surface area contributed by atoms with Crippen molar-refractivity contribution < 1.29 is 14.3 Å². The van der Waals surface area contributed by atoms with Crippen LogP contribution in [0.2, 0.25) is 5.02 Å². The molecule has 0 aliphatic carbocycles. The van der Waals surface area contributed by atoms with E-state index in [9.17, 15) is 14.4 Å². The Kier molecular flexibility index (Phi) is 7.14. The van der Waals surface area contributed by atoms with Crippen LogP contribution < -0.4 is 16.1 Å². The first-order chi connectivity index (χ1) is 16.4. The minimum Gasteiger partial charge on any atom is -0.378 e. The number of pyridine rings is 1. The fourth-order valence-corrected chi connectivity index (χ4v) is 4.58. The highest BCUT2D eigenvalue weighted by atomic mass is 35.5. The van der Waals surface area contributed by atoms with E-state index in [1.807, 2.05) is 60.0 Å². The van der Waals surface area contributed by atoms with E-state index in [-0.39, 0.29) is 30.1 Å². The zero-order valence-electron chi connectivity index (χ0n) is 19.1. The van der Waals surface area contributed by atoms with Crippen molar-refractivity contribution in [2.75, 3.05) is 19.0 Å². The van der Waals surface area contributed by atoms with Crippen LogP contribution in [-0.2, 0) is 29.1 Å². The topological polar surface area (TPSA) is 89.4 Å². The number of ether oxygens (including phenoxy) is 1. The van der Waals surface area contributed by atoms with Crippen molar-refractivity contribution in [3.05, 3.63) is 97.9 Å². The highest BCUT2D eigenvalue weighted by molar-refractivity contribution is 6.30. The van der Waals surface area contributed by atoms with Crippen molar-refractivity contribution in [1.29, 1.82) is 0 Å². The van der Waals surface area contributed by atoms with Crippen LogP contribution in [0.3, 0.4) is 0 Å². The molecule has 0 unspecified atom stereocenters. The standard InChI is InChI=1S/C26H26ClN3O4/c1-16-12-23(31)24(22(15-34-2)30(16)11-10-17-6-5-7-18(27)13-17)26(33)28-14-20-19-8-3-4-9-21(19)29-25(20)32/h3-9,12-13,20H,10-11,14-15H2,1-2H3,(H,28,33)(H,29,32)/t20-/m0/s1. The third-order valence-electron chi connectivity index (χ3n) is 6.03. The van der Waals surface area contributed by atoms with Gasteiger partial charge in [-0.15, -0.1) is 0 Å². The number of hydrogen-bond acceptors (Lipinski definition) is 4. The minimum atomic E-state index is -0.522. The van der Waals surface area contributed by atoms with Crippen LogP contribution in [0.4, 0.5) is 5.69 Å². The summed E-state index contributed by atoms with van der Waals surface area (Å²) in [6, 6.07) is 16.4. The summed E-state index contributed by atoms with van der Waals surface area (Å²) < 4.78 is 7.29. The summed E-state index contributed by atoms with van der Waals surface area (Å²) in [5.41, 5.74) is 3.51. The number of aromatic nitrogens is 1. The molecule has 1 aliphatic heterocycles. The molecule has 2 amide bonds. The lowest BCUT2D eigenvalue weighted by atomic mass is 10.0. The molecule has 0 saturated carbocycles. The van der Waals surface area contributed by atoms with E-state index in [1.165, 1.54) is 13.2 Å². The number of aryl methyl sites for hydroxylation is 2. The maximum absolute atomic E-state index is 13.2. The molecule has 34 heavy (non-hydrogen) atoms. The van der Waals surface area contributed by atoms with Gasteiger partial charge in [-0.1, -0.05) is 41.9 Å². The molecule has 3 aromatic rings. The number of rotatable bonds is 8. The second-order valence-electron chi connectivity index (χ2n) is 8.28. The van der Waals surface area contributed by atoms with Crippen LogP contribution in [-0.4, -0.2) is 30.0 Å². The number of halogens is 1. The van der Waals surface area contributed by atoms with Gasteiger partial charge in [0.1, 0.15) is 5.56 Å². The molecule has 0 spiro atoms. The minimum absolute atomic E-state index is 0.0326. The molecule has 0 saturated heterocycles. The molecule has 4 rings (SSSR count). The molecule has 8 heteroatoms. The average molecular weight is 480 g/mol. The third kappa shape index (κ3) is 4.90. The third-order valence-corrected chi connectivity index (χ3v) is 6.26. The number of nitrogens with one attached hydrogen (secondary N) is 2. The van der Waals surface area contributed by atoms with E-state index in [4.69, 9.17) is 16.3 Å². The molecule has 0 radical (unpaired) electrons. The van der Waals surface area contributed by atoms with E-state index < -0.39 is 11.8 Å². The summed E-state index contributed by atoms with van der Waals surface area (Å²) in [7, 11) is 1.52. The van der Waals surface area contributed by atoms with Gasteiger partial charge in [-0.25, -0.2) is 0 Å². The number of amides is 2. The van der Waals surface area contributed by atoms with E-state index in [2.05, 4.69) is 10.6 Å². The number of methoxy groups -OCH3 is 1. The largest absolute Gasteiger partial charge is 0.378 e. The summed E-state index contributed by atoms with van der Waals surface area (Å²) >= 11 is 6.11. The van der Waals surface area contributed by atoms with E-state index in [0.717, 1.165) is 22.5 Å². The molecule has 7 nitrogen and oxygen atoms in total. The SMILES string of the molecule is COCc1c(C(=O)NC[C@@H]2C(=O)Nc3ccccc32)c(=O)cc(C)n1CCc1cccc(Cl)c1. The smallest absolute Gasteiger partial charge is 0.257 e. The Hall–Kier alpha value is -3.42. The summed E-state index contributed by atoms with van der Waals surface area (Å²) in [6.07, 6.45) is 0.668. The molecular weight excluding hydrogens is 454 g/mol. The van der Waals surface area contributed by atoms with E-state index in [1.54, 1.807) is 0 Å². The van der Waals surface area contributed by atoms with Gasteiger partial charge in [0.05, 0.1) is 18.2 Å². The van der Waals surface area contributed by atoms with Crippen molar-refractivity contribution in [3.8, 4) is 0 Å². The Morgan fingerprint density at radius 3 is 2.71 bits per heavy atom. The highest BCUT2D eigenvalue weighted by Crippen LogP contribution is 2.31. The molecule has 0 bridgehead atoms. The van der Waals surface area contributed by atoms with Crippen molar-refractivity contribution in [2.45, 2.75) is 32.4 Å². The number of benzene rings is 2. The fraction of sp³-hybridized carbons (Fsp3) is 0.269. The van der Waals surface area contributed by atoms with Gasteiger partial charge in [0.25, 0.3) is 5.91 Å². The zero-order chi connectivity index (χ0) is 24.2. The van der Waals surface area contributed by atoms with Gasteiger partial charge < -0.3 is 19.9 Å². The summed E-state index contributed by atoms with van der Waals surface area (Å²) in [4.78, 5) is 38.5. The second kappa shape index (κ2) is 10.2. The van der Waals surface area contributed by atoms with Crippen LogP contribution in [0.1, 0.15) is 38.8 Å². The maximum atomic E-state index is 13.2. The van der Waals surface area contributed by atoms with Crippen LogP contribution in [0.15, 0.2) is 59.4 Å². The second-order valence-corrected chi connectivity index (χ2v) is 8.71. The lowest BCUT2D eigenvalue weighted by Crippen LogP contribution is -2.36. The van der Waals surface area contributed by atoms with Crippen LogP contribution in [0.25, 0.3) is 0 Å². The van der Waals surface area contributed by atoms with Gasteiger partial charge in [-0.05, 0) is 42.7 Å². The fourth-order valence-electron chi connectivity index (χ4n) is 4.37. The first-order valence-corrected chi connectivity index (χ1v) is 11.4. The predicted molar refractivity (Wildman–Crippen MR) is 131 cm³/mol. The Bertz CT molecular complexity index is 1300. The summed E-state index contributed by atoms with van der Waals surface area (Å²) in [5, 5.41) is 6.27. The maximum Gasteiger partial charge on any atom is 0.257 e. The monoisotopic (exact) mass is 479 g/mol. The normalized spacial score (nSPS) is 14.6. The average Bonchev–Trinajstić information content (AvgIpc) is 3.12. The first-order valence-electron chi connectivity index (χ1n) is 11.0. The van der Waals surface area contributed by atoms with Crippen molar-refractivity contribution in [2.24, 2.45) is 0 Å². The highest BCUT2D eigenvalue weighted by Gasteiger charge is 2.31. The quantitative estimate of drug-likeness (QED) is 0.516. The Morgan fingerprint density at radius 1 is 1.15 bits per heavy atom. The number of nitrogens with zero attached hydrogens (tertiary/aromatic N) is 1. The van der Waals surface area contributed by atoms with Gasteiger partial charge in [-0.3, -0.25) is 14.4 Å². The number of fused-ring (bicyclic) bond motifs is 1. The molecule has 176 valence electrons. The number of para-hydroxylation sites is 1. The Balaban J connectivity index is 1.59. The van der Waals surface area contributed by atoms with E-state index >= 15 is 0 Å². The predicted octanol–water partition coefficient (Wildman–Crippen LogP) is 3.66. The Morgan fingerprint density at radius 2 is 1.94 bits per heavy atom. The number of carbonyl (C=O) groups excluding carboxylic acids is 2. The van der Waals surface area contributed by atoms with Gasteiger partial charge in [-0.2, -0.15) is 0 Å². The molecule has 1 atom stereocenters. The number of anilines is 1. The number of hydrogen-bond donors (Lipinski definition) is 2. The number of carbonyl (C=O) groups is 2. The molecule has 2 heterocycles. The molecule has 1 aromatic heterocycles. The van der Waals surface area contributed by atoms with Crippen molar-refractivity contribution >= 4 is 29.1 Å².